The minimum Gasteiger partial charge on any atom is -0.309 e. The van der Waals surface area contributed by atoms with Gasteiger partial charge in [0.1, 0.15) is 0 Å². The summed E-state index contributed by atoms with van der Waals surface area (Å²) in [4.78, 5) is 2.65. The van der Waals surface area contributed by atoms with E-state index >= 15 is 0 Å². The summed E-state index contributed by atoms with van der Waals surface area (Å²) >= 11 is 0. The van der Waals surface area contributed by atoms with Crippen molar-refractivity contribution in [1.82, 2.24) is 0 Å². The van der Waals surface area contributed by atoms with E-state index in [0.29, 0.717) is 11.3 Å². The predicted octanol–water partition coefficient (Wildman–Crippen LogP) is 19.1. The quantitative estimate of drug-likeness (QED) is 0.147. The minimum atomic E-state index is 0.133. The molecule has 10 aromatic rings. The first-order valence-corrected chi connectivity index (χ1v) is 27.1. The van der Waals surface area contributed by atoms with E-state index in [2.05, 4.69) is 223 Å². The molecule has 0 aromatic heterocycles. The maximum atomic E-state index is 2.68. The topological polar surface area (TPSA) is 3.24 Å². The van der Waals surface area contributed by atoms with Crippen LogP contribution in [0.15, 0.2) is 218 Å². The third-order valence-electron chi connectivity index (χ3n) is 19.8. The van der Waals surface area contributed by atoms with Crippen LogP contribution in [-0.2, 0) is 5.41 Å². The number of hydrogen-bond donors (Lipinski definition) is 0. The standard InChI is InChI=1S/C71H57N/c1-3-18-46(19-4-1)56-38-36-50(54-30-15-23-45-22-7-8-26-53(45)54)41-66(56)72(65-35-14-11-29-60(65)61-32-17-25-48-24-16-31-57(69(48)61)47-20-5-2-6-21-47)64-34-13-10-27-55(64)49-37-39-59-58-28-9-12-33-62(58)71(63(59)40-49)67-43-51-42-52-44-68(71)70(51,52)67/h1,3-4,7-19,22-41,47,51-52,67-68H,2,5-6,20-21,42-44H2. The van der Waals surface area contributed by atoms with Gasteiger partial charge in [-0.3, -0.25) is 0 Å². The number of para-hydroxylation sites is 2. The first-order valence-electron chi connectivity index (χ1n) is 27.1. The number of anilines is 3. The van der Waals surface area contributed by atoms with Crippen molar-refractivity contribution < 1.29 is 0 Å². The fourth-order valence-corrected chi connectivity index (χ4v) is 16.9. The third-order valence-corrected chi connectivity index (χ3v) is 19.8. The number of nitrogens with zero attached hydrogens (tertiary/aromatic N) is 1. The van der Waals surface area contributed by atoms with E-state index in [1.807, 2.05) is 0 Å². The van der Waals surface area contributed by atoms with E-state index < -0.39 is 0 Å². The minimum absolute atomic E-state index is 0.133. The summed E-state index contributed by atoms with van der Waals surface area (Å²) in [5.74, 6) is 4.04. The van der Waals surface area contributed by atoms with Crippen LogP contribution in [0, 0.1) is 29.1 Å². The van der Waals surface area contributed by atoms with Crippen LogP contribution in [0.3, 0.4) is 0 Å². The van der Waals surface area contributed by atoms with Crippen LogP contribution in [-0.4, -0.2) is 0 Å². The van der Waals surface area contributed by atoms with E-state index in [1.165, 1.54) is 145 Å². The third kappa shape index (κ3) is 5.44. The van der Waals surface area contributed by atoms with E-state index in [-0.39, 0.29) is 5.41 Å². The molecule has 0 N–H and O–H groups in total. The second kappa shape index (κ2) is 15.5. The molecule has 72 heavy (non-hydrogen) atoms. The summed E-state index contributed by atoms with van der Waals surface area (Å²) in [6, 6.07) is 83.9. The summed E-state index contributed by atoms with van der Waals surface area (Å²) < 4.78 is 0. The van der Waals surface area contributed by atoms with E-state index in [4.69, 9.17) is 0 Å². The van der Waals surface area contributed by atoms with Gasteiger partial charge in [-0.15, -0.1) is 0 Å². The van der Waals surface area contributed by atoms with E-state index in [0.717, 1.165) is 29.4 Å². The molecule has 16 rings (SSSR count). The lowest BCUT2D eigenvalue weighted by molar-refractivity contribution is -0.412. The lowest BCUT2D eigenvalue weighted by Crippen LogP contribution is -2.88. The first kappa shape index (κ1) is 41.2. The van der Waals surface area contributed by atoms with Crippen molar-refractivity contribution in [1.29, 1.82) is 0 Å². The van der Waals surface area contributed by atoms with Gasteiger partial charge in [0.2, 0.25) is 0 Å². The lowest BCUT2D eigenvalue weighted by atomic mass is 9.11. The van der Waals surface area contributed by atoms with Gasteiger partial charge < -0.3 is 4.90 Å². The molecule has 0 bridgehead atoms. The molecule has 346 valence electrons. The van der Waals surface area contributed by atoms with Gasteiger partial charge in [0.05, 0.1) is 17.1 Å². The molecular formula is C71H57N. The highest BCUT2D eigenvalue weighted by Gasteiger charge is 2.90. The smallest absolute Gasteiger partial charge is 0.0546 e. The molecule has 10 aromatic carbocycles. The van der Waals surface area contributed by atoms with Crippen molar-refractivity contribution in [3.05, 3.63) is 235 Å². The number of benzene rings is 10. The second-order valence-electron chi connectivity index (χ2n) is 22.5. The highest BCUT2D eigenvalue weighted by molar-refractivity contribution is 6.06. The molecular weight excluding hydrogens is 867 g/mol. The molecule has 5 fully saturated rings. The summed E-state index contributed by atoms with van der Waals surface area (Å²) in [7, 11) is 0. The largest absolute Gasteiger partial charge is 0.309 e. The van der Waals surface area contributed by atoms with Gasteiger partial charge in [0.15, 0.2) is 0 Å². The Bertz CT molecular complexity index is 3800. The average molecular weight is 924 g/mol. The predicted molar refractivity (Wildman–Crippen MR) is 300 cm³/mol. The van der Waals surface area contributed by atoms with Gasteiger partial charge in [0.25, 0.3) is 0 Å². The number of rotatable bonds is 8. The summed E-state index contributed by atoms with van der Waals surface area (Å²) in [5, 5.41) is 5.25. The number of fused-ring (bicyclic) bond motifs is 9. The molecule has 0 radical (unpaired) electrons. The monoisotopic (exact) mass is 923 g/mol. The fraction of sp³-hybridized carbons (Fsp3) is 0.211. The molecule has 6 aliphatic carbocycles. The summed E-state index contributed by atoms with van der Waals surface area (Å²) in [6.45, 7) is 0. The second-order valence-corrected chi connectivity index (χ2v) is 22.5. The molecule has 4 atom stereocenters. The molecule has 6 aliphatic rings. The van der Waals surface area contributed by atoms with Crippen LogP contribution in [0.5, 0.6) is 0 Å². The van der Waals surface area contributed by atoms with Crippen molar-refractivity contribution in [2.24, 2.45) is 29.1 Å². The van der Waals surface area contributed by atoms with Crippen LogP contribution in [0.2, 0.25) is 0 Å². The van der Waals surface area contributed by atoms with Gasteiger partial charge in [-0.05, 0) is 169 Å². The van der Waals surface area contributed by atoms with Gasteiger partial charge >= 0.3 is 0 Å². The Morgan fingerprint density at radius 1 is 0.361 bits per heavy atom. The van der Waals surface area contributed by atoms with Crippen LogP contribution in [0.1, 0.15) is 74.0 Å². The fourth-order valence-electron chi connectivity index (χ4n) is 16.9. The molecule has 0 amide bonds. The molecule has 1 heteroatoms. The maximum absolute atomic E-state index is 2.68. The zero-order chi connectivity index (χ0) is 47.1. The Hall–Kier alpha value is -7.48. The Morgan fingerprint density at radius 3 is 1.72 bits per heavy atom. The molecule has 0 heterocycles. The van der Waals surface area contributed by atoms with Gasteiger partial charge in [-0.2, -0.15) is 0 Å². The highest BCUT2D eigenvalue weighted by Crippen LogP contribution is 2.94. The lowest BCUT2D eigenvalue weighted by Gasteiger charge is -2.92. The summed E-state index contributed by atoms with van der Waals surface area (Å²) in [6.07, 6.45) is 10.7. The van der Waals surface area contributed by atoms with Gasteiger partial charge in [-0.1, -0.05) is 213 Å². The molecule has 2 spiro atoms. The zero-order valence-electron chi connectivity index (χ0n) is 40.8. The Morgan fingerprint density at radius 2 is 0.931 bits per heavy atom. The molecule has 1 nitrogen and oxygen atoms in total. The van der Waals surface area contributed by atoms with Crippen LogP contribution < -0.4 is 4.90 Å². The first-order chi connectivity index (χ1) is 35.7. The Balaban J connectivity index is 0.955. The Labute approximate surface area is 423 Å². The maximum Gasteiger partial charge on any atom is 0.0546 e. The van der Waals surface area contributed by atoms with Gasteiger partial charge in [0, 0.05) is 22.1 Å². The normalized spacial score (nSPS) is 24.0. The van der Waals surface area contributed by atoms with Gasteiger partial charge in [-0.25, -0.2) is 0 Å². The van der Waals surface area contributed by atoms with Crippen LogP contribution in [0.4, 0.5) is 17.1 Å². The Kier molecular flexibility index (Phi) is 8.87. The molecule has 4 unspecified atom stereocenters. The SMILES string of the molecule is c1ccc(-c2ccc(-c3cccc4ccccc34)cc2N(c2ccccc2-c2ccc3c(c2)C2(c4ccccc4-3)C3CC4CC5CC2C453)c2ccccc2-c2cccc3cccc(C4CCCCC4)c23)cc1. The van der Waals surface area contributed by atoms with Crippen LogP contribution in [0.25, 0.3) is 77.2 Å². The van der Waals surface area contributed by atoms with Crippen molar-refractivity contribution in [3.63, 3.8) is 0 Å². The molecule has 0 aliphatic heterocycles. The molecule has 0 saturated heterocycles. The van der Waals surface area contributed by atoms with Crippen LogP contribution >= 0.6 is 0 Å². The van der Waals surface area contributed by atoms with E-state index in [1.54, 1.807) is 11.1 Å². The van der Waals surface area contributed by atoms with Crippen molar-refractivity contribution >= 4 is 38.6 Å². The molecule has 5 saturated carbocycles. The average Bonchev–Trinajstić information content (AvgIpc) is 3.73. The van der Waals surface area contributed by atoms with Crippen molar-refractivity contribution in [3.8, 4) is 55.6 Å². The van der Waals surface area contributed by atoms with Crippen molar-refractivity contribution in [2.75, 3.05) is 4.90 Å². The zero-order valence-corrected chi connectivity index (χ0v) is 40.8. The summed E-state index contributed by atoms with van der Waals surface area (Å²) in [5.41, 5.74) is 21.9. The van der Waals surface area contributed by atoms with Crippen molar-refractivity contribution in [2.45, 2.75) is 62.7 Å². The highest BCUT2D eigenvalue weighted by atomic mass is 15.2. The van der Waals surface area contributed by atoms with E-state index in [9.17, 15) is 0 Å². The number of hydrogen-bond acceptors (Lipinski definition) is 1.